The Hall–Kier alpha value is -2.56. The van der Waals surface area contributed by atoms with E-state index < -0.39 is 0 Å². The molecule has 1 aromatic heterocycles. The molecule has 1 atom stereocenters. The van der Waals surface area contributed by atoms with Gasteiger partial charge in [-0.1, -0.05) is 37.3 Å². The number of hydrogen-bond donors (Lipinski definition) is 1. The number of piperidine rings is 1. The van der Waals surface area contributed by atoms with Crippen molar-refractivity contribution in [1.82, 2.24) is 10.2 Å². The molecule has 5 heteroatoms. The average molecular weight is 340 g/mol. The fraction of sp³-hybridized carbons (Fsp3) is 0.400. The lowest BCUT2D eigenvalue weighted by Gasteiger charge is -2.33. The maximum Gasteiger partial charge on any atom is 0.257 e. The molecule has 2 aromatic rings. The minimum atomic E-state index is -0.119. The van der Waals surface area contributed by atoms with E-state index in [9.17, 15) is 9.59 Å². The molecule has 1 N–H and O–H groups in total. The first-order valence-corrected chi connectivity index (χ1v) is 8.85. The van der Waals surface area contributed by atoms with Crippen LogP contribution in [0, 0.1) is 0 Å². The molecule has 5 nitrogen and oxygen atoms in total. The number of hydrogen-bond acceptors (Lipinski definition) is 3. The normalized spacial score (nSPS) is 16.4. The number of nitrogens with one attached hydrogen (secondary N) is 1. The molecule has 0 spiro atoms. The molecule has 3 rings (SSSR count). The highest BCUT2D eigenvalue weighted by Crippen LogP contribution is 2.21. The second-order valence-electron chi connectivity index (χ2n) is 6.46. The molecule has 0 saturated carbocycles. The number of furan rings is 1. The van der Waals surface area contributed by atoms with Crippen LogP contribution in [0.1, 0.15) is 48.0 Å². The van der Waals surface area contributed by atoms with Gasteiger partial charge in [-0.3, -0.25) is 9.59 Å². The maximum absolute atomic E-state index is 12.6. The van der Waals surface area contributed by atoms with E-state index in [-0.39, 0.29) is 23.8 Å². The van der Waals surface area contributed by atoms with Crippen LogP contribution in [0.15, 0.2) is 53.3 Å². The van der Waals surface area contributed by atoms with Gasteiger partial charge in [0, 0.05) is 19.1 Å². The maximum atomic E-state index is 12.6. The number of benzene rings is 1. The second-order valence-corrected chi connectivity index (χ2v) is 6.46. The van der Waals surface area contributed by atoms with Crippen molar-refractivity contribution in [2.24, 2.45) is 0 Å². The van der Waals surface area contributed by atoms with Crippen LogP contribution in [0.2, 0.25) is 0 Å². The summed E-state index contributed by atoms with van der Waals surface area (Å²) in [4.78, 5) is 26.8. The van der Waals surface area contributed by atoms with Crippen LogP contribution >= 0.6 is 0 Å². The van der Waals surface area contributed by atoms with Gasteiger partial charge in [0.25, 0.3) is 5.91 Å². The lowest BCUT2D eigenvalue weighted by molar-refractivity contribution is -0.123. The molecule has 1 unspecified atom stereocenters. The van der Waals surface area contributed by atoms with Crippen LogP contribution in [-0.4, -0.2) is 35.8 Å². The highest BCUT2D eigenvalue weighted by Gasteiger charge is 2.27. The lowest BCUT2D eigenvalue weighted by atomic mass is 9.94. The monoisotopic (exact) mass is 340 g/mol. The first kappa shape index (κ1) is 17.3. The van der Waals surface area contributed by atoms with Crippen molar-refractivity contribution >= 4 is 11.8 Å². The smallest absolute Gasteiger partial charge is 0.257 e. The summed E-state index contributed by atoms with van der Waals surface area (Å²) in [5, 5.41) is 3.17. The first-order chi connectivity index (χ1) is 12.2. The summed E-state index contributed by atoms with van der Waals surface area (Å²) in [5.74, 6) is -0.0469. The Balaban J connectivity index is 1.53. The zero-order chi connectivity index (χ0) is 17.6. The van der Waals surface area contributed by atoms with E-state index in [0.29, 0.717) is 18.7 Å². The number of likely N-dealkylation sites (tertiary alicyclic amines) is 1. The zero-order valence-corrected chi connectivity index (χ0v) is 14.5. The third kappa shape index (κ3) is 4.10. The number of amides is 2. The molecule has 1 fully saturated rings. The van der Waals surface area contributed by atoms with E-state index in [1.54, 1.807) is 6.07 Å². The summed E-state index contributed by atoms with van der Waals surface area (Å²) in [5.41, 5.74) is 1.63. The van der Waals surface area contributed by atoms with Crippen molar-refractivity contribution in [1.29, 1.82) is 0 Å². The van der Waals surface area contributed by atoms with Gasteiger partial charge in [0.1, 0.15) is 6.26 Å². The minimum Gasteiger partial charge on any atom is -0.472 e. The van der Waals surface area contributed by atoms with E-state index in [4.69, 9.17) is 4.42 Å². The molecule has 1 saturated heterocycles. The molecule has 1 aliphatic heterocycles. The quantitative estimate of drug-likeness (QED) is 0.909. The van der Waals surface area contributed by atoms with E-state index in [2.05, 4.69) is 5.32 Å². The highest BCUT2D eigenvalue weighted by molar-refractivity contribution is 5.93. The first-order valence-electron chi connectivity index (χ1n) is 8.85. The van der Waals surface area contributed by atoms with Gasteiger partial charge in [0.05, 0.1) is 17.7 Å². The SMILES string of the molecule is CCC(C(=O)NC1CCN(C(=O)c2ccoc2)CC1)c1ccccc1. The summed E-state index contributed by atoms with van der Waals surface area (Å²) in [6, 6.07) is 11.7. The average Bonchev–Trinajstić information content (AvgIpc) is 3.18. The van der Waals surface area contributed by atoms with Crippen LogP contribution in [0.25, 0.3) is 0 Å². The zero-order valence-electron chi connectivity index (χ0n) is 14.5. The third-order valence-corrected chi connectivity index (χ3v) is 4.82. The summed E-state index contributed by atoms with van der Waals surface area (Å²) in [6.07, 6.45) is 5.31. The van der Waals surface area contributed by atoms with Gasteiger partial charge in [0.2, 0.25) is 5.91 Å². The Morgan fingerprint density at radius 3 is 2.52 bits per heavy atom. The molecule has 2 amide bonds. The number of rotatable bonds is 5. The topological polar surface area (TPSA) is 62.6 Å². The molecule has 0 aliphatic carbocycles. The molecule has 2 heterocycles. The van der Waals surface area contributed by atoms with E-state index in [1.165, 1.54) is 12.5 Å². The number of nitrogens with zero attached hydrogens (tertiary/aromatic N) is 1. The summed E-state index contributed by atoms with van der Waals surface area (Å²) in [6.45, 7) is 3.33. The predicted molar refractivity (Wildman–Crippen MR) is 95.3 cm³/mol. The fourth-order valence-electron chi connectivity index (χ4n) is 3.36. The van der Waals surface area contributed by atoms with Gasteiger partial charge < -0.3 is 14.6 Å². The van der Waals surface area contributed by atoms with E-state index in [1.807, 2.05) is 42.2 Å². The minimum absolute atomic E-state index is 0.00533. The van der Waals surface area contributed by atoms with Gasteiger partial charge in [-0.05, 0) is 30.9 Å². The van der Waals surface area contributed by atoms with E-state index in [0.717, 1.165) is 24.8 Å². The van der Waals surface area contributed by atoms with Gasteiger partial charge in [-0.25, -0.2) is 0 Å². The van der Waals surface area contributed by atoms with Gasteiger partial charge in [0.15, 0.2) is 0 Å². The Kier molecular flexibility index (Phi) is 5.53. The van der Waals surface area contributed by atoms with Crippen molar-refractivity contribution in [3.8, 4) is 0 Å². The highest BCUT2D eigenvalue weighted by atomic mass is 16.3. The predicted octanol–water partition coefficient (Wildman–Crippen LogP) is 3.19. The number of carbonyl (C=O) groups excluding carboxylic acids is 2. The third-order valence-electron chi connectivity index (χ3n) is 4.82. The largest absolute Gasteiger partial charge is 0.472 e. The Morgan fingerprint density at radius 2 is 1.92 bits per heavy atom. The fourth-order valence-corrected chi connectivity index (χ4v) is 3.36. The van der Waals surface area contributed by atoms with E-state index >= 15 is 0 Å². The van der Waals surface area contributed by atoms with Crippen molar-refractivity contribution in [3.05, 3.63) is 60.1 Å². The van der Waals surface area contributed by atoms with Gasteiger partial charge >= 0.3 is 0 Å². The van der Waals surface area contributed by atoms with Crippen LogP contribution < -0.4 is 5.32 Å². The van der Waals surface area contributed by atoms with Crippen LogP contribution in [0.5, 0.6) is 0 Å². The van der Waals surface area contributed by atoms with Crippen LogP contribution in [-0.2, 0) is 4.79 Å². The summed E-state index contributed by atoms with van der Waals surface area (Å²) >= 11 is 0. The molecular weight excluding hydrogens is 316 g/mol. The van der Waals surface area contributed by atoms with Crippen molar-refractivity contribution < 1.29 is 14.0 Å². The van der Waals surface area contributed by atoms with Crippen molar-refractivity contribution in [2.45, 2.75) is 38.1 Å². The molecular formula is C20H24N2O3. The van der Waals surface area contributed by atoms with Gasteiger partial charge in [-0.2, -0.15) is 0 Å². The van der Waals surface area contributed by atoms with Crippen LogP contribution in [0.3, 0.4) is 0 Å². The Bertz CT molecular complexity index is 689. The Labute approximate surface area is 148 Å². The second kappa shape index (κ2) is 8.01. The van der Waals surface area contributed by atoms with Crippen molar-refractivity contribution in [3.63, 3.8) is 0 Å². The standard InChI is InChI=1S/C20H24N2O3/c1-2-18(15-6-4-3-5-7-15)19(23)21-17-8-11-22(12-9-17)20(24)16-10-13-25-14-16/h3-7,10,13-14,17-18H,2,8-9,11-12H2,1H3,(H,21,23). The molecule has 1 aromatic carbocycles. The van der Waals surface area contributed by atoms with Crippen molar-refractivity contribution in [2.75, 3.05) is 13.1 Å². The van der Waals surface area contributed by atoms with Gasteiger partial charge in [-0.15, -0.1) is 0 Å². The summed E-state index contributed by atoms with van der Waals surface area (Å²) < 4.78 is 4.98. The summed E-state index contributed by atoms with van der Waals surface area (Å²) in [7, 11) is 0. The van der Waals surface area contributed by atoms with Crippen LogP contribution in [0.4, 0.5) is 0 Å². The molecule has 1 aliphatic rings. The lowest BCUT2D eigenvalue weighted by Crippen LogP contribution is -2.47. The Morgan fingerprint density at radius 1 is 1.20 bits per heavy atom. The molecule has 0 radical (unpaired) electrons. The molecule has 0 bridgehead atoms. The molecule has 25 heavy (non-hydrogen) atoms. The molecule has 132 valence electrons. The number of carbonyl (C=O) groups is 2.